The molecule has 3 N–H and O–H groups in total. The highest BCUT2D eigenvalue weighted by Crippen LogP contribution is 2.30. The predicted octanol–water partition coefficient (Wildman–Crippen LogP) is 8.36. The molecule has 4 rings (SSSR count). The highest BCUT2D eigenvalue weighted by Gasteiger charge is 2.16. The number of carbonyl (C=O) groups excluding carboxylic acids is 2. The first-order valence-electron chi connectivity index (χ1n) is 12.5. The van der Waals surface area contributed by atoms with Crippen molar-refractivity contribution in [2.45, 2.75) is 60.3 Å². The highest BCUT2D eigenvalue weighted by atomic mass is 32.1. The summed E-state index contributed by atoms with van der Waals surface area (Å²) >= 11 is 1.34. The number of rotatable bonds is 6. The zero-order valence-corrected chi connectivity index (χ0v) is 23.3. The van der Waals surface area contributed by atoms with Crippen LogP contribution < -0.4 is 16.0 Å². The van der Waals surface area contributed by atoms with Crippen LogP contribution in [-0.2, 0) is 0 Å². The Balaban J connectivity index is 1.50. The van der Waals surface area contributed by atoms with Crippen LogP contribution >= 0.6 is 11.3 Å². The Hall–Kier alpha value is -3.71. The SMILES string of the molecule is Cc1cc(C)c(NC(=O)c2ccc3nc(NC(=O)Nc4cc(C(C)C)ccc4C(C)C)sc3c2)c(C)c1. The summed E-state index contributed by atoms with van der Waals surface area (Å²) in [5.74, 6) is 0.458. The molecule has 0 unspecified atom stereocenters. The van der Waals surface area contributed by atoms with Gasteiger partial charge in [-0.3, -0.25) is 10.1 Å². The minimum absolute atomic E-state index is 0.177. The third-order valence-corrected chi connectivity index (χ3v) is 7.33. The number of carbonyl (C=O) groups is 2. The number of hydrogen-bond acceptors (Lipinski definition) is 4. The van der Waals surface area contributed by atoms with Crippen LogP contribution in [0, 0.1) is 20.8 Å². The average Bonchev–Trinajstić information content (AvgIpc) is 3.22. The third-order valence-electron chi connectivity index (χ3n) is 6.40. The molecule has 0 spiro atoms. The number of nitrogens with zero attached hydrogens (tertiary/aromatic N) is 1. The lowest BCUT2D eigenvalue weighted by Crippen LogP contribution is -2.20. The summed E-state index contributed by atoms with van der Waals surface area (Å²) in [7, 11) is 0. The summed E-state index contributed by atoms with van der Waals surface area (Å²) < 4.78 is 0.824. The number of fused-ring (bicyclic) bond motifs is 1. The van der Waals surface area contributed by atoms with Gasteiger partial charge in [0, 0.05) is 16.9 Å². The summed E-state index contributed by atoms with van der Waals surface area (Å²) in [4.78, 5) is 30.4. The van der Waals surface area contributed by atoms with E-state index < -0.39 is 0 Å². The number of nitrogens with one attached hydrogen (secondary N) is 3. The van der Waals surface area contributed by atoms with E-state index in [1.165, 1.54) is 16.9 Å². The molecule has 7 heteroatoms. The Bertz CT molecular complexity index is 1460. The largest absolute Gasteiger partial charge is 0.325 e. The molecule has 0 aliphatic carbocycles. The molecule has 0 radical (unpaired) electrons. The second-order valence-corrected chi connectivity index (χ2v) is 11.2. The molecule has 0 atom stereocenters. The topological polar surface area (TPSA) is 83.1 Å². The van der Waals surface area contributed by atoms with Gasteiger partial charge in [0.2, 0.25) is 0 Å². The minimum Gasteiger partial charge on any atom is -0.322 e. The zero-order chi connectivity index (χ0) is 26.9. The van der Waals surface area contributed by atoms with Gasteiger partial charge in [-0.1, -0.05) is 68.9 Å². The first-order chi connectivity index (χ1) is 17.5. The Morgan fingerprint density at radius 2 is 1.51 bits per heavy atom. The van der Waals surface area contributed by atoms with Crippen molar-refractivity contribution in [3.8, 4) is 0 Å². The Morgan fingerprint density at radius 1 is 0.811 bits per heavy atom. The van der Waals surface area contributed by atoms with Gasteiger partial charge < -0.3 is 10.6 Å². The number of hydrogen-bond donors (Lipinski definition) is 3. The number of anilines is 3. The lowest BCUT2D eigenvalue weighted by Gasteiger charge is -2.17. The quantitative estimate of drug-likeness (QED) is 0.242. The fraction of sp³-hybridized carbons (Fsp3) is 0.300. The normalized spacial score (nSPS) is 11.3. The van der Waals surface area contributed by atoms with Gasteiger partial charge in [-0.15, -0.1) is 0 Å². The number of aromatic nitrogens is 1. The van der Waals surface area contributed by atoms with Gasteiger partial charge in [0.15, 0.2) is 5.13 Å². The van der Waals surface area contributed by atoms with E-state index in [1.54, 1.807) is 6.07 Å². The van der Waals surface area contributed by atoms with E-state index in [9.17, 15) is 9.59 Å². The lowest BCUT2D eigenvalue weighted by molar-refractivity contribution is 0.102. The fourth-order valence-electron chi connectivity index (χ4n) is 4.48. The van der Waals surface area contributed by atoms with Crippen LogP contribution in [0.15, 0.2) is 48.5 Å². The van der Waals surface area contributed by atoms with Crippen molar-refractivity contribution in [1.29, 1.82) is 0 Å². The second-order valence-electron chi connectivity index (χ2n) is 10.2. The molecule has 6 nitrogen and oxygen atoms in total. The van der Waals surface area contributed by atoms with Gasteiger partial charge in [0.05, 0.1) is 10.2 Å². The van der Waals surface area contributed by atoms with Crippen LogP contribution in [0.2, 0.25) is 0 Å². The molecule has 3 aromatic carbocycles. The van der Waals surface area contributed by atoms with Crippen LogP contribution in [0.1, 0.15) is 77.7 Å². The maximum Gasteiger partial charge on any atom is 0.325 e. The number of thiazole rings is 1. The first kappa shape index (κ1) is 26.4. The van der Waals surface area contributed by atoms with E-state index in [-0.39, 0.29) is 17.9 Å². The highest BCUT2D eigenvalue weighted by molar-refractivity contribution is 7.22. The van der Waals surface area contributed by atoms with Crippen LogP contribution in [0.5, 0.6) is 0 Å². The smallest absolute Gasteiger partial charge is 0.322 e. The maximum absolute atomic E-state index is 13.0. The van der Waals surface area contributed by atoms with Crippen molar-refractivity contribution in [3.63, 3.8) is 0 Å². The van der Waals surface area contributed by atoms with Gasteiger partial charge in [0.25, 0.3) is 5.91 Å². The lowest BCUT2D eigenvalue weighted by atomic mass is 9.95. The molecule has 37 heavy (non-hydrogen) atoms. The number of aryl methyl sites for hydroxylation is 3. The summed E-state index contributed by atoms with van der Waals surface area (Å²) in [6.07, 6.45) is 0. The number of urea groups is 1. The van der Waals surface area contributed by atoms with Crippen molar-refractivity contribution in [2.75, 3.05) is 16.0 Å². The van der Waals surface area contributed by atoms with Crippen molar-refractivity contribution >= 4 is 50.0 Å². The summed E-state index contributed by atoms with van der Waals surface area (Å²) in [5.41, 5.74) is 8.38. The summed E-state index contributed by atoms with van der Waals surface area (Å²) in [6.45, 7) is 14.5. The molecular weight excluding hydrogens is 480 g/mol. The van der Waals surface area contributed by atoms with Crippen LogP contribution in [-0.4, -0.2) is 16.9 Å². The third kappa shape index (κ3) is 6.00. The molecule has 192 valence electrons. The van der Waals surface area contributed by atoms with Crippen LogP contribution in [0.3, 0.4) is 0 Å². The van der Waals surface area contributed by atoms with Crippen LogP contribution in [0.25, 0.3) is 10.2 Å². The molecule has 0 fully saturated rings. The Labute approximate surface area is 222 Å². The molecule has 1 heterocycles. The van der Waals surface area contributed by atoms with E-state index in [2.05, 4.69) is 72.9 Å². The van der Waals surface area contributed by atoms with E-state index in [1.807, 2.05) is 39.0 Å². The molecule has 0 saturated carbocycles. The zero-order valence-electron chi connectivity index (χ0n) is 22.4. The van der Waals surface area contributed by atoms with Gasteiger partial charge in [-0.2, -0.15) is 0 Å². The van der Waals surface area contributed by atoms with E-state index in [4.69, 9.17) is 0 Å². The van der Waals surface area contributed by atoms with Crippen LogP contribution in [0.4, 0.5) is 21.3 Å². The number of amides is 3. The van der Waals surface area contributed by atoms with E-state index in [0.717, 1.165) is 43.8 Å². The van der Waals surface area contributed by atoms with Gasteiger partial charge in [-0.25, -0.2) is 9.78 Å². The second kappa shape index (κ2) is 10.7. The Kier molecular flexibility index (Phi) is 7.64. The average molecular weight is 515 g/mol. The van der Waals surface area contributed by atoms with Gasteiger partial charge >= 0.3 is 6.03 Å². The van der Waals surface area contributed by atoms with Crippen molar-refractivity contribution < 1.29 is 9.59 Å². The maximum atomic E-state index is 13.0. The number of benzene rings is 3. The molecule has 0 aliphatic rings. The molecule has 0 aliphatic heterocycles. The van der Waals surface area contributed by atoms with Crippen molar-refractivity contribution in [3.05, 3.63) is 81.9 Å². The monoisotopic (exact) mass is 514 g/mol. The van der Waals surface area contributed by atoms with Gasteiger partial charge in [-0.05, 0) is 79.1 Å². The molecule has 1 aromatic heterocycles. The summed E-state index contributed by atoms with van der Waals surface area (Å²) in [6, 6.07) is 15.4. The van der Waals surface area contributed by atoms with E-state index >= 15 is 0 Å². The Morgan fingerprint density at radius 3 is 2.16 bits per heavy atom. The molecular formula is C30H34N4O2S. The molecule has 0 bridgehead atoms. The van der Waals surface area contributed by atoms with E-state index in [0.29, 0.717) is 16.6 Å². The van der Waals surface area contributed by atoms with Crippen molar-refractivity contribution in [1.82, 2.24) is 4.98 Å². The summed E-state index contributed by atoms with van der Waals surface area (Å²) in [5, 5.41) is 9.38. The predicted molar refractivity (Wildman–Crippen MR) is 155 cm³/mol. The first-order valence-corrected chi connectivity index (χ1v) is 13.3. The van der Waals surface area contributed by atoms with Crippen molar-refractivity contribution in [2.24, 2.45) is 0 Å². The van der Waals surface area contributed by atoms with Gasteiger partial charge in [0.1, 0.15) is 0 Å². The fourth-order valence-corrected chi connectivity index (χ4v) is 5.38. The standard InChI is InChI=1S/C30H34N4O2S/c1-16(2)21-8-10-23(17(3)4)25(14-21)31-29(36)34-30-32-24-11-9-22(15-26(24)37-30)28(35)33-27-19(6)12-18(5)13-20(27)7/h8-17H,1-7H3,(H,33,35)(H2,31,32,34,36). The molecule has 3 amide bonds. The minimum atomic E-state index is -0.342. The molecule has 4 aromatic rings. The molecule has 0 saturated heterocycles.